The van der Waals surface area contributed by atoms with Gasteiger partial charge in [-0.05, 0) is 34.2 Å². The van der Waals surface area contributed by atoms with Crippen LogP contribution < -0.4 is 5.32 Å². The molecule has 0 saturated carbocycles. The molecule has 1 aliphatic heterocycles. The van der Waals surface area contributed by atoms with Crippen molar-refractivity contribution in [3.63, 3.8) is 0 Å². The van der Waals surface area contributed by atoms with E-state index in [-0.39, 0.29) is 5.60 Å². The molecule has 1 heterocycles. The molecule has 1 aliphatic rings. The van der Waals surface area contributed by atoms with Crippen molar-refractivity contribution in [2.75, 3.05) is 13.6 Å². The monoisotopic (exact) mass is 157 g/mol. The van der Waals surface area contributed by atoms with Crippen LogP contribution >= 0.6 is 0 Å². The number of hydrogen-bond donors (Lipinski definition) is 1. The van der Waals surface area contributed by atoms with E-state index in [9.17, 15) is 0 Å². The maximum absolute atomic E-state index is 5.77. The molecule has 11 heavy (non-hydrogen) atoms. The molecule has 1 fully saturated rings. The summed E-state index contributed by atoms with van der Waals surface area (Å²) in [6, 6.07) is 0. The van der Waals surface area contributed by atoms with Crippen molar-refractivity contribution >= 4 is 0 Å². The summed E-state index contributed by atoms with van der Waals surface area (Å²) in [4.78, 5) is 0. The third-order valence-corrected chi connectivity index (χ3v) is 2.39. The summed E-state index contributed by atoms with van der Waals surface area (Å²) >= 11 is 0. The fourth-order valence-electron chi connectivity index (χ4n) is 1.95. The second-order valence-corrected chi connectivity index (χ2v) is 4.10. The van der Waals surface area contributed by atoms with Crippen molar-refractivity contribution in [2.24, 2.45) is 5.92 Å². The Morgan fingerprint density at radius 3 is 2.55 bits per heavy atom. The maximum Gasteiger partial charge on any atom is 0.0634 e. The fraction of sp³-hybridized carbons (Fsp3) is 1.00. The summed E-state index contributed by atoms with van der Waals surface area (Å²) in [6.07, 6.45) is 1.59. The van der Waals surface area contributed by atoms with Gasteiger partial charge in [0, 0.05) is 12.5 Å². The second-order valence-electron chi connectivity index (χ2n) is 4.10. The van der Waals surface area contributed by atoms with Crippen LogP contribution in [-0.4, -0.2) is 25.3 Å². The smallest absolute Gasteiger partial charge is 0.0634 e. The molecule has 66 valence electrons. The maximum atomic E-state index is 5.77. The molecule has 2 atom stereocenters. The van der Waals surface area contributed by atoms with Gasteiger partial charge in [-0.25, -0.2) is 0 Å². The van der Waals surface area contributed by atoms with Crippen LogP contribution in [0.3, 0.4) is 0 Å². The Labute approximate surface area is 69.3 Å². The highest BCUT2D eigenvalue weighted by Gasteiger charge is 2.36. The Hall–Kier alpha value is -0.0800. The van der Waals surface area contributed by atoms with Crippen molar-refractivity contribution in [2.45, 2.75) is 38.9 Å². The third-order valence-electron chi connectivity index (χ3n) is 2.39. The van der Waals surface area contributed by atoms with Crippen molar-refractivity contribution in [3.8, 4) is 0 Å². The van der Waals surface area contributed by atoms with E-state index in [2.05, 4.69) is 26.1 Å². The first-order chi connectivity index (χ1) is 5.05. The minimum Gasteiger partial charge on any atom is -0.372 e. The molecule has 0 aliphatic carbocycles. The van der Waals surface area contributed by atoms with E-state index in [0.29, 0.717) is 12.0 Å². The van der Waals surface area contributed by atoms with Gasteiger partial charge in [-0.15, -0.1) is 0 Å². The fourth-order valence-corrected chi connectivity index (χ4v) is 1.95. The predicted octanol–water partition coefficient (Wildman–Crippen LogP) is 1.41. The van der Waals surface area contributed by atoms with Crippen molar-refractivity contribution < 1.29 is 4.74 Å². The summed E-state index contributed by atoms with van der Waals surface area (Å²) < 4.78 is 5.77. The highest BCUT2D eigenvalue weighted by atomic mass is 16.5. The summed E-state index contributed by atoms with van der Waals surface area (Å²) in [5.41, 5.74) is 0.0981. The lowest BCUT2D eigenvalue weighted by Gasteiger charge is -2.16. The van der Waals surface area contributed by atoms with E-state index in [1.165, 1.54) is 6.42 Å². The molecule has 0 radical (unpaired) electrons. The zero-order chi connectivity index (χ0) is 8.48. The molecular weight excluding hydrogens is 138 g/mol. The van der Waals surface area contributed by atoms with Gasteiger partial charge in [-0.1, -0.05) is 0 Å². The molecule has 0 aromatic carbocycles. The van der Waals surface area contributed by atoms with Gasteiger partial charge in [0.15, 0.2) is 0 Å². The first-order valence-corrected chi connectivity index (χ1v) is 4.37. The molecule has 1 N–H and O–H groups in total. The first kappa shape index (κ1) is 9.01. The number of rotatable bonds is 2. The van der Waals surface area contributed by atoms with Crippen LogP contribution in [0.1, 0.15) is 27.2 Å². The molecular formula is C9H19NO. The number of nitrogens with one attached hydrogen (secondary N) is 1. The Morgan fingerprint density at radius 1 is 1.55 bits per heavy atom. The average molecular weight is 157 g/mol. The van der Waals surface area contributed by atoms with Crippen molar-refractivity contribution in [1.29, 1.82) is 0 Å². The van der Waals surface area contributed by atoms with Gasteiger partial charge in [0.05, 0.1) is 11.7 Å². The lowest BCUT2D eigenvalue weighted by molar-refractivity contribution is -0.0116. The SMILES string of the molecule is CNCC1CC(C)(C)OC1C. The zero-order valence-corrected chi connectivity index (χ0v) is 7.98. The average Bonchev–Trinajstić information content (AvgIpc) is 2.07. The van der Waals surface area contributed by atoms with Crippen molar-refractivity contribution in [1.82, 2.24) is 5.32 Å². The van der Waals surface area contributed by atoms with E-state index in [1.54, 1.807) is 0 Å². The van der Waals surface area contributed by atoms with Crippen LogP contribution in [0.5, 0.6) is 0 Å². The molecule has 1 saturated heterocycles. The van der Waals surface area contributed by atoms with Crippen LogP contribution in [0.4, 0.5) is 0 Å². The standard InChI is InChI=1S/C9H19NO/c1-7-8(6-10-4)5-9(2,3)11-7/h7-8,10H,5-6H2,1-4H3. The van der Waals surface area contributed by atoms with Crippen LogP contribution in [0.25, 0.3) is 0 Å². The minimum atomic E-state index is 0.0981. The van der Waals surface area contributed by atoms with Gasteiger partial charge in [0.1, 0.15) is 0 Å². The van der Waals surface area contributed by atoms with Gasteiger partial charge in [-0.3, -0.25) is 0 Å². The summed E-state index contributed by atoms with van der Waals surface area (Å²) in [5, 5.41) is 3.20. The van der Waals surface area contributed by atoms with E-state index in [4.69, 9.17) is 4.74 Å². The Morgan fingerprint density at radius 2 is 2.18 bits per heavy atom. The van der Waals surface area contributed by atoms with E-state index < -0.39 is 0 Å². The molecule has 2 unspecified atom stereocenters. The quantitative estimate of drug-likeness (QED) is 0.654. The number of hydrogen-bond acceptors (Lipinski definition) is 2. The molecule has 0 bridgehead atoms. The highest BCUT2D eigenvalue weighted by molar-refractivity contribution is 4.86. The van der Waals surface area contributed by atoms with E-state index in [0.717, 1.165) is 6.54 Å². The largest absolute Gasteiger partial charge is 0.372 e. The van der Waals surface area contributed by atoms with Crippen LogP contribution in [-0.2, 0) is 4.74 Å². The Balaban J connectivity index is 2.45. The normalized spacial score (nSPS) is 36.0. The van der Waals surface area contributed by atoms with Crippen LogP contribution in [0, 0.1) is 5.92 Å². The lowest BCUT2D eigenvalue weighted by atomic mass is 9.95. The molecule has 0 aromatic rings. The van der Waals surface area contributed by atoms with Gasteiger partial charge in [0.2, 0.25) is 0 Å². The molecule has 2 nitrogen and oxygen atoms in total. The highest BCUT2D eigenvalue weighted by Crippen LogP contribution is 2.33. The Bertz CT molecular complexity index is 134. The topological polar surface area (TPSA) is 21.3 Å². The summed E-state index contributed by atoms with van der Waals surface area (Å²) in [7, 11) is 2.00. The molecule has 0 amide bonds. The lowest BCUT2D eigenvalue weighted by Crippen LogP contribution is -2.23. The minimum absolute atomic E-state index is 0.0981. The van der Waals surface area contributed by atoms with Crippen LogP contribution in [0.15, 0.2) is 0 Å². The van der Waals surface area contributed by atoms with Gasteiger partial charge in [-0.2, -0.15) is 0 Å². The molecule has 2 heteroatoms. The predicted molar refractivity (Wildman–Crippen MR) is 46.7 cm³/mol. The van der Waals surface area contributed by atoms with E-state index in [1.807, 2.05) is 7.05 Å². The summed E-state index contributed by atoms with van der Waals surface area (Å²) in [6.45, 7) is 7.57. The molecule has 1 rings (SSSR count). The third kappa shape index (κ3) is 2.17. The Kier molecular flexibility index (Phi) is 2.55. The molecule has 0 aromatic heterocycles. The first-order valence-electron chi connectivity index (χ1n) is 4.37. The number of ether oxygens (including phenoxy) is 1. The zero-order valence-electron chi connectivity index (χ0n) is 7.98. The summed E-state index contributed by atoms with van der Waals surface area (Å²) in [5.74, 6) is 0.690. The van der Waals surface area contributed by atoms with Crippen LogP contribution in [0.2, 0.25) is 0 Å². The second kappa shape index (κ2) is 3.11. The van der Waals surface area contributed by atoms with Gasteiger partial charge in [0.25, 0.3) is 0 Å². The van der Waals surface area contributed by atoms with Gasteiger partial charge < -0.3 is 10.1 Å². The molecule has 0 spiro atoms. The van der Waals surface area contributed by atoms with Gasteiger partial charge >= 0.3 is 0 Å². The van der Waals surface area contributed by atoms with Crippen molar-refractivity contribution in [3.05, 3.63) is 0 Å². The van der Waals surface area contributed by atoms with E-state index >= 15 is 0 Å².